The SMILES string of the molecule is O=S(=O)(O)C(c1cccc(O)c1)(c1c(Cl)cccc1Cl)c1c(Cl)ccc(O)c1Cl. The minimum atomic E-state index is -5.17. The van der Waals surface area contributed by atoms with E-state index >= 15 is 0 Å². The Hall–Kier alpha value is -1.67. The third-order valence-corrected chi connectivity index (χ3v) is 7.12. The smallest absolute Gasteiger partial charge is 0.283 e. The van der Waals surface area contributed by atoms with Gasteiger partial charge in [-0.2, -0.15) is 8.42 Å². The molecule has 0 amide bonds. The molecule has 152 valence electrons. The summed E-state index contributed by atoms with van der Waals surface area (Å²) in [5, 5.41) is 19.3. The fourth-order valence-electron chi connectivity index (χ4n) is 3.24. The molecule has 29 heavy (non-hydrogen) atoms. The van der Waals surface area contributed by atoms with E-state index in [1.807, 2.05) is 0 Å². The minimum absolute atomic E-state index is 0.117. The first kappa shape index (κ1) is 22.0. The molecule has 0 bridgehead atoms. The molecule has 1 atom stereocenters. The summed E-state index contributed by atoms with van der Waals surface area (Å²) < 4.78 is 34.1. The maximum atomic E-state index is 13.0. The number of phenols is 2. The first-order chi connectivity index (χ1) is 13.5. The molecular formula is C19H12Cl4O5S. The molecule has 0 aliphatic heterocycles. The van der Waals surface area contributed by atoms with Gasteiger partial charge in [0.2, 0.25) is 0 Å². The van der Waals surface area contributed by atoms with E-state index in [9.17, 15) is 23.2 Å². The van der Waals surface area contributed by atoms with Gasteiger partial charge in [0.05, 0.1) is 5.02 Å². The quantitative estimate of drug-likeness (QED) is 0.311. The van der Waals surface area contributed by atoms with Crippen LogP contribution in [0.2, 0.25) is 20.1 Å². The predicted octanol–water partition coefficient (Wildman–Crippen LogP) is 5.89. The van der Waals surface area contributed by atoms with Crippen molar-refractivity contribution in [3.8, 4) is 11.5 Å². The lowest BCUT2D eigenvalue weighted by Crippen LogP contribution is -2.39. The van der Waals surface area contributed by atoms with E-state index in [0.717, 1.165) is 6.07 Å². The van der Waals surface area contributed by atoms with Crippen LogP contribution in [-0.4, -0.2) is 23.2 Å². The number of aromatic hydroxyl groups is 2. The molecule has 0 radical (unpaired) electrons. The zero-order valence-electron chi connectivity index (χ0n) is 14.3. The van der Waals surface area contributed by atoms with Crippen molar-refractivity contribution < 1.29 is 23.2 Å². The summed E-state index contributed by atoms with van der Waals surface area (Å²) in [5.74, 6) is -0.784. The summed E-state index contributed by atoms with van der Waals surface area (Å²) in [6.45, 7) is 0. The fourth-order valence-corrected chi connectivity index (χ4v) is 6.18. The van der Waals surface area contributed by atoms with E-state index in [2.05, 4.69) is 0 Å². The maximum Gasteiger partial charge on any atom is 0.283 e. The molecule has 0 spiro atoms. The number of halogens is 4. The number of hydrogen-bond donors (Lipinski definition) is 3. The van der Waals surface area contributed by atoms with Crippen molar-refractivity contribution in [2.45, 2.75) is 4.75 Å². The van der Waals surface area contributed by atoms with Crippen LogP contribution in [0.3, 0.4) is 0 Å². The average molecular weight is 494 g/mol. The van der Waals surface area contributed by atoms with E-state index < -0.39 is 25.6 Å². The van der Waals surface area contributed by atoms with Crippen molar-refractivity contribution in [2.24, 2.45) is 0 Å². The Bertz CT molecular complexity index is 1190. The first-order valence-corrected chi connectivity index (χ1v) is 10.9. The highest BCUT2D eigenvalue weighted by Gasteiger charge is 2.53. The number of phenolic OH excluding ortho intramolecular Hbond substituents is 2. The van der Waals surface area contributed by atoms with Gasteiger partial charge in [0.1, 0.15) is 11.5 Å². The molecule has 1 unspecified atom stereocenters. The lowest BCUT2D eigenvalue weighted by atomic mass is 9.83. The van der Waals surface area contributed by atoms with E-state index in [1.165, 1.54) is 48.5 Å². The summed E-state index contributed by atoms with van der Waals surface area (Å²) >= 11 is 25.3. The maximum absolute atomic E-state index is 13.0. The molecule has 3 rings (SSSR count). The largest absolute Gasteiger partial charge is 0.508 e. The normalized spacial score (nSPS) is 13.8. The Morgan fingerprint density at radius 3 is 1.86 bits per heavy atom. The van der Waals surface area contributed by atoms with Gasteiger partial charge in [-0.05, 0) is 42.0 Å². The van der Waals surface area contributed by atoms with E-state index in [0.29, 0.717) is 0 Å². The Kier molecular flexibility index (Phi) is 5.98. The first-order valence-electron chi connectivity index (χ1n) is 7.90. The second kappa shape index (κ2) is 7.87. The van der Waals surface area contributed by atoms with Crippen LogP contribution in [0.25, 0.3) is 0 Å². The summed E-state index contributed by atoms with van der Waals surface area (Å²) in [7, 11) is -5.17. The van der Waals surface area contributed by atoms with Gasteiger partial charge < -0.3 is 10.2 Å². The van der Waals surface area contributed by atoms with Crippen molar-refractivity contribution in [3.05, 3.63) is 91.4 Å². The highest BCUT2D eigenvalue weighted by molar-refractivity contribution is 7.87. The molecule has 10 heteroatoms. The van der Waals surface area contributed by atoms with Crippen LogP contribution >= 0.6 is 46.4 Å². The molecule has 0 heterocycles. The van der Waals surface area contributed by atoms with E-state index in [1.54, 1.807) is 0 Å². The van der Waals surface area contributed by atoms with Crippen LogP contribution in [0.15, 0.2) is 54.6 Å². The lowest BCUT2D eigenvalue weighted by molar-refractivity contribution is 0.455. The van der Waals surface area contributed by atoms with Gasteiger partial charge >= 0.3 is 0 Å². The summed E-state index contributed by atoms with van der Waals surface area (Å²) in [5.41, 5.74) is -0.765. The monoisotopic (exact) mass is 492 g/mol. The topological polar surface area (TPSA) is 94.8 Å². The van der Waals surface area contributed by atoms with Gasteiger partial charge in [0.15, 0.2) is 4.75 Å². The van der Waals surface area contributed by atoms with Crippen molar-refractivity contribution in [1.29, 1.82) is 0 Å². The molecule has 0 saturated carbocycles. The second-order valence-corrected chi connectivity index (χ2v) is 9.22. The van der Waals surface area contributed by atoms with Crippen molar-refractivity contribution in [3.63, 3.8) is 0 Å². The molecule has 0 aliphatic rings. The van der Waals surface area contributed by atoms with Crippen molar-refractivity contribution in [1.82, 2.24) is 0 Å². The number of rotatable bonds is 4. The molecule has 0 fully saturated rings. The van der Waals surface area contributed by atoms with Gasteiger partial charge in [0.25, 0.3) is 10.1 Å². The number of hydrogen-bond acceptors (Lipinski definition) is 4. The van der Waals surface area contributed by atoms with Crippen molar-refractivity contribution in [2.75, 3.05) is 0 Å². The second-order valence-electron chi connectivity index (χ2n) is 6.06. The third kappa shape index (κ3) is 3.54. The molecule has 3 aromatic rings. The number of benzene rings is 3. The summed E-state index contributed by atoms with van der Waals surface area (Å²) in [6.07, 6.45) is 0. The standard InChI is InChI=1S/C19H12Cl4O5S/c20-12-5-2-6-13(21)16(12)19(29(26,27)28,10-3-1-4-11(24)9-10)17-14(22)7-8-15(25)18(17)23/h1-9,24-25H,(H,26,27,28). The Morgan fingerprint density at radius 1 is 0.759 bits per heavy atom. The van der Waals surface area contributed by atoms with Gasteiger partial charge in [-0.25, -0.2) is 0 Å². The minimum Gasteiger partial charge on any atom is -0.508 e. The highest BCUT2D eigenvalue weighted by atomic mass is 35.5. The zero-order valence-corrected chi connectivity index (χ0v) is 18.1. The molecule has 5 nitrogen and oxygen atoms in total. The van der Waals surface area contributed by atoms with Gasteiger partial charge in [0, 0.05) is 26.2 Å². The zero-order chi connectivity index (χ0) is 21.6. The van der Waals surface area contributed by atoms with Gasteiger partial charge in [-0.3, -0.25) is 4.55 Å². The van der Waals surface area contributed by atoms with Crippen LogP contribution in [-0.2, 0) is 14.9 Å². The summed E-state index contributed by atoms with van der Waals surface area (Å²) in [4.78, 5) is 0. The van der Waals surface area contributed by atoms with Crippen LogP contribution in [0.4, 0.5) is 0 Å². The van der Waals surface area contributed by atoms with Crippen LogP contribution in [0, 0.1) is 0 Å². The van der Waals surface area contributed by atoms with E-state index in [-0.39, 0.29) is 37.5 Å². The molecule has 3 aromatic carbocycles. The molecule has 0 aliphatic carbocycles. The van der Waals surface area contributed by atoms with Crippen LogP contribution in [0.5, 0.6) is 11.5 Å². The predicted molar refractivity (Wildman–Crippen MR) is 114 cm³/mol. The molecule has 0 aromatic heterocycles. The molecule has 0 saturated heterocycles. The third-order valence-electron chi connectivity index (χ3n) is 4.38. The average Bonchev–Trinajstić information content (AvgIpc) is 2.62. The highest BCUT2D eigenvalue weighted by Crippen LogP contribution is 2.54. The lowest BCUT2D eigenvalue weighted by Gasteiger charge is -2.35. The Balaban J connectivity index is 2.71. The summed E-state index contributed by atoms with van der Waals surface area (Å²) in [6, 6.07) is 11.7. The molecular weight excluding hydrogens is 482 g/mol. The molecule has 3 N–H and O–H groups in total. The van der Waals surface area contributed by atoms with E-state index in [4.69, 9.17) is 46.4 Å². The Morgan fingerprint density at radius 2 is 1.31 bits per heavy atom. The Labute approximate surface area is 186 Å². The van der Waals surface area contributed by atoms with Gasteiger partial charge in [-0.15, -0.1) is 0 Å². The van der Waals surface area contributed by atoms with Crippen molar-refractivity contribution >= 4 is 56.5 Å². The fraction of sp³-hybridized carbons (Fsp3) is 0.0526. The van der Waals surface area contributed by atoms with Crippen LogP contribution < -0.4 is 0 Å². The van der Waals surface area contributed by atoms with Gasteiger partial charge in [-0.1, -0.05) is 64.6 Å². The van der Waals surface area contributed by atoms with Crippen LogP contribution in [0.1, 0.15) is 16.7 Å².